The largest absolute Gasteiger partial charge is 0.352 e. The summed E-state index contributed by atoms with van der Waals surface area (Å²) in [6.45, 7) is 6.48. The van der Waals surface area contributed by atoms with Crippen LogP contribution in [0.25, 0.3) is 0 Å². The first-order valence-corrected chi connectivity index (χ1v) is 14.2. The zero-order valence-corrected chi connectivity index (χ0v) is 23.8. The minimum absolute atomic E-state index is 0.0163. The average Bonchev–Trinajstić information content (AvgIpc) is 2.99. The van der Waals surface area contributed by atoms with Crippen molar-refractivity contribution in [1.29, 1.82) is 0 Å². The molecule has 2 amide bonds. The molecular weight excluding hydrogens is 492 g/mol. The maximum absolute atomic E-state index is 14.5. The second-order valence-corrected chi connectivity index (χ2v) is 10.5. The topological polar surface area (TPSA) is 49.4 Å². The minimum Gasteiger partial charge on any atom is -0.352 e. The van der Waals surface area contributed by atoms with Crippen LogP contribution in [-0.2, 0) is 22.6 Å². The zero-order valence-electron chi connectivity index (χ0n) is 23.8. The summed E-state index contributed by atoms with van der Waals surface area (Å²) >= 11 is 0. The molecule has 0 saturated carbocycles. The number of benzene rings is 4. The fourth-order valence-electron chi connectivity index (χ4n) is 5.06. The number of aryl methyl sites for hydroxylation is 1. The monoisotopic (exact) mass is 532 g/mol. The standard InChI is InChI=1S/C36H40N2O2/c1-4-28(3)37-36(40)34(24-29-17-8-5-9-18-29)38(26-32-23-15-14-16-27(32)2)35(39)25-33(30-19-10-6-11-20-30)31-21-12-7-13-22-31/h5-23,28,33-34H,4,24-26H2,1-3H3,(H,37,40)/t28-,34+/m0/s1. The van der Waals surface area contributed by atoms with E-state index in [2.05, 4.69) is 49.5 Å². The highest BCUT2D eigenvalue weighted by Crippen LogP contribution is 2.30. The Labute approximate surface area is 239 Å². The first-order valence-electron chi connectivity index (χ1n) is 14.2. The van der Waals surface area contributed by atoms with Gasteiger partial charge >= 0.3 is 0 Å². The van der Waals surface area contributed by atoms with Gasteiger partial charge in [0.1, 0.15) is 6.04 Å². The molecule has 2 atom stereocenters. The number of hydrogen-bond acceptors (Lipinski definition) is 2. The van der Waals surface area contributed by atoms with E-state index in [0.29, 0.717) is 13.0 Å². The van der Waals surface area contributed by atoms with Gasteiger partial charge in [-0.15, -0.1) is 0 Å². The fraction of sp³-hybridized carbons (Fsp3) is 0.278. The number of amides is 2. The molecule has 4 rings (SSSR count). The average molecular weight is 533 g/mol. The molecule has 0 bridgehead atoms. The second kappa shape index (κ2) is 14.3. The smallest absolute Gasteiger partial charge is 0.243 e. The Balaban J connectivity index is 1.75. The summed E-state index contributed by atoms with van der Waals surface area (Å²) in [7, 11) is 0. The highest BCUT2D eigenvalue weighted by molar-refractivity contribution is 5.88. The number of rotatable bonds is 12. The van der Waals surface area contributed by atoms with Gasteiger partial charge in [-0.25, -0.2) is 0 Å². The molecule has 206 valence electrons. The van der Waals surface area contributed by atoms with Crippen LogP contribution < -0.4 is 5.32 Å². The molecule has 0 aromatic heterocycles. The van der Waals surface area contributed by atoms with Crippen molar-refractivity contribution < 1.29 is 9.59 Å². The lowest BCUT2D eigenvalue weighted by Crippen LogP contribution is -2.52. The molecule has 0 aliphatic carbocycles. The first kappa shape index (κ1) is 28.8. The van der Waals surface area contributed by atoms with E-state index in [9.17, 15) is 9.59 Å². The molecule has 4 aromatic carbocycles. The van der Waals surface area contributed by atoms with Crippen LogP contribution in [-0.4, -0.2) is 28.8 Å². The third-order valence-electron chi connectivity index (χ3n) is 7.66. The number of carbonyl (C=O) groups excluding carboxylic acids is 2. The molecule has 4 heteroatoms. The Morgan fingerprint density at radius 1 is 0.750 bits per heavy atom. The summed E-state index contributed by atoms with van der Waals surface area (Å²) in [6.07, 6.45) is 1.53. The molecule has 4 aromatic rings. The number of nitrogens with one attached hydrogen (secondary N) is 1. The molecule has 0 aliphatic heterocycles. The van der Waals surface area contributed by atoms with Crippen LogP contribution in [0.4, 0.5) is 0 Å². The maximum Gasteiger partial charge on any atom is 0.243 e. The van der Waals surface area contributed by atoms with Crippen molar-refractivity contribution in [2.45, 2.75) is 64.6 Å². The molecule has 0 radical (unpaired) electrons. The Morgan fingerprint density at radius 2 is 1.27 bits per heavy atom. The van der Waals surface area contributed by atoms with E-state index >= 15 is 0 Å². The molecule has 0 fully saturated rings. The molecule has 0 spiro atoms. The van der Waals surface area contributed by atoms with Gasteiger partial charge in [0.05, 0.1) is 0 Å². The Kier molecular flexibility index (Phi) is 10.3. The normalized spacial score (nSPS) is 12.5. The van der Waals surface area contributed by atoms with Crippen LogP contribution in [0, 0.1) is 6.92 Å². The van der Waals surface area contributed by atoms with E-state index in [1.54, 1.807) is 0 Å². The van der Waals surface area contributed by atoms with Crippen molar-refractivity contribution in [3.05, 3.63) is 143 Å². The predicted molar refractivity (Wildman–Crippen MR) is 163 cm³/mol. The lowest BCUT2D eigenvalue weighted by molar-refractivity contribution is -0.141. The van der Waals surface area contributed by atoms with Crippen LogP contribution >= 0.6 is 0 Å². The van der Waals surface area contributed by atoms with Crippen molar-refractivity contribution in [2.24, 2.45) is 0 Å². The lowest BCUT2D eigenvalue weighted by atomic mass is 9.87. The van der Waals surface area contributed by atoms with E-state index < -0.39 is 6.04 Å². The first-order chi connectivity index (χ1) is 19.5. The summed E-state index contributed by atoms with van der Waals surface area (Å²) in [5, 5.41) is 3.17. The van der Waals surface area contributed by atoms with Gasteiger partial charge < -0.3 is 10.2 Å². The van der Waals surface area contributed by atoms with E-state index in [0.717, 1.165) is 34.2 Å². The highest BCUT2D eigenvalue weighted by Gasteiger charge is 2.33. The van der Waals surface area contributed by atoms with Gasteiger partial charge in [0.15, 0.2) is 0 Å². The molecule has 1 N–H and O–H groups in total. The van der Waals surface area contributed by atoms with Crippen LogP contribution in [0.15, 0.2) is 115 Å². The van der Waals surface area contributed by atoms with Gasteiger partial charge in [0.2, 0.25) is 11.8 Å². The van der Waals surface area contributed by atoms with Crippen LogP contribution in [0.1, 0.15) is 60.4 Å². The predicted octanol–water partition coefficient (Wildman–Crippen LogP) is 7.07. The van der Waals surface area contributed by atoms with E-state index in [1.165, 1.54) is 0 Å². The Morgan fingerprint density at radius 3 is 1.82 bits per heavy atom. The van der Waals surface area contributed by atoms with Crippen molar-refractivity contribution in [3.8, 4) is 0 Å². The third kappa shape index (κ3) is 7.69. The second-order valence-electron chi connectivity index (χ2n) is 10.5. The molecular formula is C36H40N2O2. The highest BCUT2D eigenvalue weighted by atomic mass is 16.2. The molecule has 0 heterocycles. The van der Waals surface area contributed by atoms with Gasteiger partial charge in [-0.2, -0.15) is 0 Å². The van der Waals surface area contributed by atoms with Crippen LogP contribution in [0.3, 0.4) is 0 Å². The van der Waals surface area contributed by atoms with Gasteiger partial charge in [-0.1, -0.05) is 122 Å². The molecule has 0 aliphatic rings. The van der Waals surface area contributed by atoms with E-state index in [4.69, 9.17) is 0 Å². The lowest BCUT2D eigenvalue weighted by Gasteiger charge is -2.34. The Bertz CT molecular complexity index is 1320. The SMILES string of the molecule is CC[C@H](C)NC(=O)[C@@H](Cc1ccccc1)N(Cc1ccccc1C)C(=O)CC(c1ccccc1)c1ccccc1. The Hall–Kier alpha value is -4.18. The van der Waals surface area contributed by atoms with Gasteiger partial charge in [-0.3, -0.25) is 9.59 Å². The maximum atomic E-state index is 14.5. The summed E-state index contributed by atoms with van der Waals surface area (Å²) in [5.41, 5.74) is 5.34. The molecule has 0 saturated heterocycles. The van der Waals surface area contributed by atoms with Crippen LogP contribution in [0.2, 0.25) is 0 Å². The summed E-state index contributed by atoms with van der Waals surface area (Å²) in [4.78, 5) is 30.1. The van der Waals surface area contributed by atoms with Crippen molar-refractivity contribution >= 4 is 11.8 Å². The zero-order chi connectivity index (χ0) is 28.3. The van der Waals surface area contributed by atoms with Crippen molar-refractivity contribution in [2.75, 3.05) is 0 Å². The molecule has 4 nitrogen and oxygen atoms in total. The van der Waals surface area contributed by atoms with E-state index in [-0.39, 0.29) is 30.2 Å². The van der Waals surface area contributed by atoms with Crippen molar-refractivity contribution in [3.63, 3.8) is 0 Å². The number of carbonyl (C=O) groups is 2. The summed E-state index contributed by atoms with van der Waals surface area (Å²) in [5.74, 6) is -0.276. The third-order valence-corrected chi connectivity index (χ3v) is 7.66. The molecule has 0 unspecified atom stereocenters. The quantitative estimate of drug-likeness (QED) is 0.212. The summed E-state index contributed by atoms with van der Waals surface area (Å²) < 4.78 is 0. The fourth-order valence-corrected chi connectivity index (χ4v) is 5.06. The van der Waals surface area contributed by atoms with Gasteiger partial charge in [-0.05, 0) is 48.1 Å². The van der Waals surface area contributed by atoms with Gasteiger partial charge in [0, 0.05) is 31.3 Å². The number of nitrogens with zero attached hydrogens (tertiary/aromatic N) is 1. The van der Waals surface area contributed by atoms with Gasteiger partial charge in [0.25, 0.3) is 0 Å². The summed E-state index contributed by atoms with van der Waals surface area (Å²) in [6, 6.07) is 37.8. The van der Waals surface area contributed by atoms with E-state index in [1.807, 2.05) is 96.8 Å². The van der Waals surface area contributed by atoms with Crippen LogP contribution in [0.5, 0.6) is 0 Å². The minimum atomic E-state index is -0.643. The van der Waals surface area contributed by atoms with Crippen molar-refractivity contribution in [1.82, 2.24) is 10.2 Å². The number of hydrogen-bond donors (Lipinski definition) is 1. The molecule has 40 heavy (non-hydrogen) atoms.